The first-order valence-electron chi connectivity index (χ1n) is 9.00. The predicted molar refractivity (Wildman–Crippen MR) is 107 cm³/mol. The van der Waals surface area contributed by atoms with E-state index in [1.165, 1.54) is 4.90 Å². The van der Waals surface area contributed by atoms with E-state index in [4.69, 9.17) is 0 Å². The van der Waals surface area contributed by atoms with E-state index >= 15 is 0 Å². The van der Waals surface area contributed by atoms with E-state index in [1.807, 2.05) is 54.9 Å². The van der Waals surface area contributed by atoms with Crippen LogP contribution in [-0.2, 0) is 11.2 Å². The van der Waals surface area contributed by atoms with Crippen LogP contribution in [0.5, 0.6) is 0 Å². The third kappa shape index (κ3) is 4.28. The minimum atomic E-state index is -1.03. The van der Waals surface area contributed by atoms with Crippen LogP contribution in [0.2, 0.25) is 0 Å². The predicted octanol–water partition coefficient (Wildman–Crippen LogP) is 3.26. The van der Waals surface area contributed by atoms with E-state index in [0.717, 1.165) is 22.4 Å². The van der Waals surface area contributed by atoms with Crippen LogP contribution in [0.25, 0.3) is 5.69 Å². The summed E-state index contributed by atoms with van der Waals surface area (Å²) in [7, 11) is 1.54. The second-order valence-corrected chi connectivity index (χ2v) is 6.99. The monoisotopic (exact) mass is 377 g/mol. The van der Waals surface area contributed by atoms with Crippen molar-refractivity contribution < 1.29 is 14.7 Å². The molecule has 0 saturated heterocycles. The zero-order chi connectivity index (χ0) is 20.3. The largest absolute Gasteiger partial charge is 0.480 e. The van der Waals surface area contributed by atoms with Gasteiger partial charge in [-0.3, -0.25) is 4.79 Å². The lowest BCUT2D eigenvalue weighted by Crippen LogP contribution is -2.43. The number of nitrogens with zero attached hydrogens (tertiary/aromatic N) is 3. The molecule has 28 heavy (non-hydrogen) atoms. The molecule has 1 atom stereocenters. The van der Waals surface area contributed by atoms with Crippen molar-refractivity contribution in [2.45, 2.75) is 26.3 Å². The van der Waals surface area contributed by atoms with Crippen molar-refractivity contribution >= 4 is 11.9 Å². The van der Waals surface area contributed by atoms with Crippen LogP contribution in [0.15, 0.2) is 61.2 Å². The highest BCUT2D eigenvalue weighted by molar-refractivity contribution is 5.96. The average Bonchev–Trinajstić information content (AvgIpc) is 3.19. The van der Waals surface area contributed by atoms with E-state index in [0.29, 0.717) is 5.56 Å². The average molecular weight is 377 g/mol. The smallest absolute Gasteiger partial charge is 0.326 e. The fourth-order valence-electron chi connectivity index (χ4n) is 3.27. The number of carboxylic acids is 1. The zero-order valence-corrected chi connectivity index (χ0v) is 16.2. The molecule has 2 aromatic carbocycles. The van der Waals surface area contributed by atoms with E-state index in [9.17, 15) is 14.7 Å². The van der Waals surface area contributed by atoms with Crippen LogP contribution >= 0.6 is 0 Å². The first-order chi connectivity index (χ1) is 13.3. The summed E-state index contributed by atoms with van der Waals surface area (Å²) in [5.74, 6) is -1.33. The molecule has 1 aromatic heterocycles. The highest BCUT2D eigenvalue weighted by Crippen LogP contribution is 2.16. The van der Waals surface area contributed by atoms with Crippen molar-refractivity contribution in [3.8, 4) is 5.69 Å². The Labute approximate surface area is 164 Å². The van der Waals surface area contributed by atoms with Gasteiger partial charge >= 0.3 is 5.97 Å². The standard InChI is InChI=1S/C22H23N3O3/c1-15-10-16(2)12-18(11-15)21(26)24(3)20(22(27)28)13-17-4-6-19(7-5-17)25-9-8-23-14-25/h4-12,14,20H,13H2,1-3H3,(H,27,28). The number of imidazole rings is 1. The molecule has 0 radical (unpaired) electrons. The molecule has 0 aliphatic rings. The molecule has 1 amide bonds. The van der Waals surface area contributed by atoms with Gasteiger partial charge in [-0.25, -0.2) is 9.78 Å². The first-order valence-corrected chi connectivity index (χ1v) is 9.00. The molecule has 0 spiro atoms. The van der Waals surface area contributed by atoms with Gasteiger partial charge in [0.15, 0.2) is 0 Å². The number of aliphatic carboxylic acids is 1. The Morgan fingerprint density at radius 3 is 2.29 bits per heavy atom. The molecular formula is C22H23N3O3. The lowest BCUT2D eigenvalue weighted by molar-refractivity contribution is -0.141. The number of amides is 1. The summed E-state index contributed by atoms with van der Waals surface area (Å²) in [5, 5.41) is 9.71. The molecule has 0 bridgehead atoms. The maximum atomic E-state index is 12.8. The molecular weight excluding hydrogens is 354 g/mol. The van der Waals surface area contributed by atoms with E-state index in [-0.39, 0.29) is 12.3 Å². The number of aromatic nitrogens is 2. The van der Waals surface area contributed by atoms with Crippen LogP contribution < -0.4 is 0 Å². The third-order valence-corrected chi connectivity index (χ3v) is 4.71. The fourth-order valence-corrected chi connectivity index (χ4v) is 3.27. The molecule has 0 fully saturated rings. The van der Waals surface area contributed by atoms with Crippen LogP contribution in [0.3, 0.4) is 0 Å². The van der Waals surface area contributed by atoms with Gasteiger partial charge in [-0.1, -0.05) is 29.3 Å². The molecule has 3 aromatic rings. The number of carbonyl (C=O) groups excluding carboxylic acids is 1. The highest BCUT2D eigenvalue weighted by atomic mass is 16.4. The minimum absolute atomic E-state index is 0.229. The van der Waals surface area contributed by atoms with Crippen molar-refractivity contribution in [2.75, 3.05) is 7.05 Å². The highest BCUT2D eigenvalue weighted by Gasteiger charge is 2.27. The lowest BCUT2D eigenvalue weighted by Gasteiger charge is -2.25. The van der Waals surface area contributed by atoms with Crippen molar-refractivity contribution in [3.05, 3.63) is 83.4 Å². The maximum Gasteiger partial charge on any atom is 0.326 e. The van der Waals surface area contributed by atoms with Gasteiger partial charge in [-0.15, -0.1) is 0 Å². The molecule has 0 aliphatic carbocycles. The van der Waals surface area contributed by atoms with E-state index in [2.05, 4.69) is 4.98 Å². The number of hydrogen-bond donors (Lipinski definition) is 1. The Kier molecular flexibility index (Phi) is 5.59. The van der Waals surface area contributed by atoms with Gasteiger partial charge in [0.25, 0.3) is 5.91 Å². The topological polar surface area (TPSA) is 75.4 Å². The number of rotatable bonds is 6. The van der Waals surface area contributed by atoms with Gasteiger partial charge in [0.2, 0.25) is 0 Å². The second kappa shape index (κ2) is 8.08. The minimum Gasteiger partial charge on any atom is -0.480 e. The Morgan fingerprint density at radius 2 is 1.75 bits per heavy atom. The number of aryl methyl sites for hydroxylation is 2. The van der Waals surface area contributed by atoms with Gasteiger partial charge in [-0.05, 0) is 43.7 Å². The lowest BCUT2D eigenvalue weighted by atomic mass is 10.0. The maximum absolute atomic E-state index is 12.8. The van der Waals surface area contributed by atoms with Crippen molar-refractivity contribution in [1.82, 2.24) is 14.5 Å². The summed E-state index contributed by atoms with van der Waals surface area (Å²) in [6.07, 6.45) is 5.46. The number of likely N-dealkylation sites (N-methyl/N-ethyl adjacent to an activating group) is 1. The number of carbonyl (C=O) groups is 2. The normalized spacial score (nSPS) is 11.8. The van der Waals surface area contributed by atoms with Gasteiger partial charge < -0.3 is 14.6 Å². The van der Waals surface area contributed by atoms with Crippen molar-refractivity contribution in [2.24, 2.45) is 0 Å². The van der Waals surface area contributed by atoms with Gasteiger partial charge in [0.05, 0.1) is 6.33 Å². The number of hydrogen-bond acceptors (Lipinski definition) is 3. The van der Waals surface area contributed by atoms with E-state index < -0.39 is 12.0 Å². The molecule has 6 nitrogen and oxygen atoms in total. The Bertz CT molecular complexity index is 959. The summed E-state index contributed by atoms with van der Waals surface area (Å²) in [4.78, 5) is 30.0. The van der Waals surface area contributed by atoms with Gasteiger partial charge in [0.1, 0.15) is 6.04 Å². The summed E-state index contributed by atoms with van der Waals surface area (Å²) >= 11 is 0. The number of benzene rings is 2. The Balaban J connectivity index is 1.79. The fraction of sp³-hybridized carbons (Fsp3) is 0.227. The summed E-state index contributed by atoms with van der Waals surface area (Å²) in [5.41, 5.74) is 4.23. The van der Waals surface area contributed by atoms with Crippen LogP contribution in [-0.4, -0.2) is 44.5 Å². The van der Waals surface area contributed by atoms with Crippen LogP contribution in [0.4, 0.5) is 0 Å². The van der Waals surface area contributed by atoms with E-state index in [1.54, 1.807) is 31.7 Å². The summed E-state index contributed by atoms with van der Waals surface area (Å²) in [6.45, 7) is 3.83. The molecule has 1 unspecified atom stereocenters. The van der Waals surface area contributed by atoms with Crippen LogP contribution in [0, 0.1) is 13.8 Å². The SMILES string of the molecule is Cc1cc(C)cc(C(=O)N(C)C(Cc2ccc(-n3ccnc3)cc2)C(=O)O)c1. The molecule has 0 aliphatic heterocycles. The third-order valence-electron chi connectivity index (χ3n) is 4.71. The van der Waals surface area contributed by atoms with Crippen molar-refractivity contribution in [1.29, 1.82) is 0 Å². The molecule has 6 heteroatoms. The quantitative estimate of drug-likeness (QED) is 0.715. The molecule has 1 heterocycles. The van der Waals surface area contributed by atoms with Crippen LogP contribution in [0.1, 0.15) is 27.0 Å². The second-order valence-electron chi connectivity index (χ2n) is 6.99. The Hall–Kier alpha value is -3.41. The van der Waals surface area contributed by atoms with Crippen molar-refractivity contribution in [3.63, 3.8) is 0 Å². The Morgan fingerprint density at radius 1 is 1.11 bits per heavy atom. The molecule has 1 N–H and O–H groups in total. The molecule has 3 rings (SSSR count). The van der Waals surface area contributed by atoms with Gasteiger partial charge in [0, 0.05) is 37.1 Å². The number of carboxylic acid groups (broad SMARTS) is 1. The van der Waals surface area contributed by atoms with Gasteiger partial charge in [-0.2, -0.15) is 0 Å². The summed E-state index contributed by atoms with van der Waals surface area (Å²) < 4.78 is 1.87. The first kappa shape index (κ1) is 19.4. The molecule has 144 valence electrons. The zero-order valence-electron chi connectivity index (χ0n) is 16.2. The molecule has 0 saturated carbocycles. The summed E-state index contributed by atoms with van der Waals surface area (Å²) in [6, 6.07) is 12.2.